The number of hydrogen-bond acceptors (Lipinski definition) is 2. The van der Waals surface area contributed by atoms with Gasteiger partial charge >= 0.3 is 0 Å². The minimum Gasteiger partial charge on any atom is -0.497 e. The highest BCUT2D eigenvalue weighted by Crippen LogP contribution is 2.13. The highest BCUT2D eigenvalue weighted by molar-refractivity contribution is 6.17. The zero-order valence-electron chi connectivity index (χ0n) is 9.75. The van der Waals surface area contributed by atoms with E-state index in [1.165, 1.54) is 0 Å². The van der Waals surface area contributed by atoms with Crippen molar-refractivity contribution in [1.29, 1.82) is 0 Å². The molecule has 0 aliphatic carbocycles. The van der Waals surface area contributed by atoms with Crippen molar-refractivity contribution in [3.63, 3.8) is 0 Å². The maximum absolute atomic E-state index is 5.59. The molecule has 90 valence electrons. The summed E-state index contributed by atoms with van der Waals surface area (Å²) in [4.78, 5) is 0. The standard InChI is InChI=1S/C13H19ClO2/c1-15-13-7-5-6-12(10-13)11-16-9-4-2-3-8-14/h5-7,10H,2-4,8-9,11H2,1H3. The third-order valence-electron chi connectivity index (χ3n) is 2.33. The van der Waals surface area contributed by atoms with Crippen LogP contribution in [0.2, 0.25) is 0 Å². The molecule has 3 heteroatoms. The van der Waals surface area contributed by atoms with Gasteiger partial charge in [0.25, 0.3) is 0 Å². The summed E-state index contributed by atoms with van der Waals surface area (Å²) in [5.41, 5.74) is 1.15. The van der Waals surface area contributed by atoms with E-state index in [4.69, 9.17) is 21.1 Å². The minimum atomic E-state index is 0.651. The SMILES string of the molecule is COc1cccc(COCCCCCCl)c1. The largest absolute Gasteiger partial charge is 0.497 e. The van der Waals surface area contributed by atoms with Crippen LogP contribution in [-0.2, 0) is 11.3 Å². The third-order valence-corrected chi connectivity index (χ3v) is 2.59. The zero-order chi connectivity index (χ0) is 11.6. The Morgan fingerprint density at radius 3 is 2.81 bits per heavy atom. The van der Waals surface area contributed by atoms with Gasteiger partial charge in [0.2, 0.25) is 0 Å². The normalized spacial score (nSPS) is 10.4. The Kier molecular flexibility index (Phi) is 7.02. The summed E-state index contributed by atoms with van der Waals surface area (Å²) in [5.74, 6) is 1.62. The van der Waals surface area contributed by atoms with E-state index in [1.54, 1.807) is 7.11 Å². The van der Waals surface area contributed by atoms with Crippen LogP contribution in [0.3, 0.4) is 0 Å². The minimum absolute atomic E-state index is 0.651. The van der Waals surface area contributed by atoms with E-state index in [0.29, 0.717) is 6.61 Å². The molecule has 0 radical (unpaired) electrons. The lowest BCUT2D eigenvalue weighted by molar-refractivity contribution is 0.117. The molecule has 0 saturated carbocycles. The number of unbranched alkanes of at least 4 members (excludes halogenated alkanes) is 2. The average Bonchev–Trinajstić information content (AvgIpc) is 2.34. The van der Waals surface area contributed by atoms with Crippen molar-refractivity contribution >= 4 is 11.6 Å². The molecule has 1 rings (SSSR count). The second kappa shape index (κ2) is 8.43. The van der Waals surface area contributed by atoms with Crippen LogP contribution < -0.4 is 4.74 Å². The van der Waals surface area contributed by atoms with Crippen molar-refractivity contribution < 1.29 is 9.47 Å². The molecule has 0 aromatic heterocycles. The molecule has 0 amide bonds. The van der Waals surface area contributed by atoms with Crippen molar-refractivity contribution in [2.24, 2.45) is 0 Å². The fraction of sp³-hybridized carbons (Fsp3) is 0.538. The van der Waals surface area contributed by atoms with Crippen molar-refractivity contribution in [1.82, 2.24) is 0 Å². The average molecular weight is 243 g/mol. The summed E-state index contributed by atoms with van der Waals surface area (Å²) in [5, 5.41) is 0. The number of alkyl halides is 1. The smallest absolute Gasteiger partial charge is 0.119 e. The lowest BCUT2D eigenvalue weighted by atomic mass is 10.2. The van der Waals surface area contributed by atoms with Gasteiger partial charge in [-0.1, -0.05) is 12.1 Å². The Morgan fingerprint density at radius 1 is 1.19 bits per heavy atom. The van der Waals surface area contributed by atoms with Gasteiger partial charge in [0.05, 0.1) is 13.7 Å². The fourth-order valence-electron chi connectivity index (χ4n) is 1.43. The molecular formula is C13H19ClO2. The van der Waals surface area contributed by atoms with E-state index in [2.05, 4.69) is 0 Å². The van der Waals surface area contributed by atoms with Crippen molar-refractivity contribution in [2.75, 3.05) is 19.6 Å². The molecule has 16 heavy (non-hydrogen) atoms. The first-order valence-corrected chi connectivity index (χ1v) is 6.17. The number of halogens is 1. The van der Waals surface area contributed by atoms with E-state index in [0.717, 1.165) is 43.1 Å². The van der Waals surface area contributed by atoms with Gasteiger partial charge in [-0.15, -0.1) is 11.6 Å². The summed E-state index contributed by atoms with van der Waals surface area (Å²) < 4.78 is 10.7. The Labute approximate surface area is 103 Å². The molecule has 0 unspecified atom stereocenters. The summed E-state index contributed by atoms with van der Waals surface area (Å²) in [6, 6.07) is 7.95. The number of methoxy groups -OCH3 is 1. The zero-order valence-corrected chi connectivity index (χ0v) is 10.5. The lowest BCUT2D eigenvalue weighted by Gasteiger charge is -2.05. The van der Waals surface area contributed by atoms with Gasteiger partial charge in [0.15, 0.2) is 0 Å². The van der Waals surface area contributed by atoms with Crippen LogP contribution in [0.4, 0.5) is 0 Å². The predicted molar refractivity (Wildman–Crippen MR) is 67.2 cm³/mol. The summed E-state index contributed by atoms with van der Waals surface area (Å²) >= 11 is 5.59. The first-order valence-electron chi connectivity index (χ1n) is 5.63. The van der Waals surface area contributed by atoms with Gasteiger partial charge in [-0.3, -0.25) is 0 Å². The van der Waals surface area contributed by atoms with Crippen LogP contribution >= 0.6 is 11.6 Å². The predicted octanol–water partition coefficient (Wildman–Crippen LogP) is 3.62. The van der Waals surface area contributed by atoms with Gasteiger partial charge < -0.3 is 9.47 Å². The Morgan fingerprint density at radius 2 is 2.06 bits per heavy atom. The molecular weight excluding hydrogens is 224 g/mol. The molecule has 0 N–H and O–H groups in total. The molecule has 0 heterocycles. The van der Waals surface area contributed by atoms with Crippen LogP contribution in [0, 0.1) is 0 Å². The van der Waals surface area contributed by atoms with Crippen LogP contribution in [0.15, 0.2) is 24.3 Å². The van der Waals surface area contributed by atoms with Crippen LogP contribution in [-0.4, -0.2) is 19.6 Å². The molecule has 0 fully saturated rings. The molecule has 0 aliphatic rings. The second-order valence-corrected chi connectivity index (χ2v) is 4.03. The van der Waals surface area contributed by atoms with E-state index >= 15 is 0 Å². The number of ether oxygens (including phenoxy) is 2. The first kappa shape index (κ1) is 13.3. The molecule has 0 bridgehead atoms. The molecule has 0 spiro atoms. The Bertz CT molecular complexity index is 289. The van der Waals surface area contributed by atoms with Gasteiger partial charge in [0, 0.05) is 12.5 Å². The van der Waals surface area contributed by atoms with Crippen molar-refractivity contribution in [3.8, 4) is 5.75 Å². The molecule has 0 aliphatic heterocycles. The summed E-state index contributed by atoms with van der Waals surface area (Å²) in [7, 11) is 1.67. The number of benzene rings is 1. The van der Waals surface area contributed by atoms with E-state index in [9.17, 15) is 0 Å². The molecule has 0 atom stereocenters. The van der Waals surface area contributed by atoms with Crippen LogP contribution in [0.1, 0.15) is 24.8 Å². The topological polar surface area (TPSA) is 18.5 Å². The second-order valence-electron chi connectivity index (χ2n) is 3.65. The quantitative estimate of drug-likeness (QED) is 0.512. The van der Waals surface area contributed by atoms with E-state index in [1.807, 2.05) is 24.3 Å². The highest BCUT2D eigenvalue weighted by Gasteiger charge is 1.96. The van der Waals surface area contributed by atoms with Gasteiger partial charge in [-0.05, 0) is 37.0 Å². The first-order chi connectivity index (χ1) is 7.86. The van der Waals surface area contributed by atoms with Gasteiger partial charge in [-0.25, -0.2) is 0 Å². The third kappa shape index (κ3) is 5.38. The maximum Gasteiger partial charge on any atom is 0.119 e. The van der Waals surface area contributed by atoms with Crippen molar-refractivity contribution in [3.05, 3.63) is 29.8 Å². The number of hydrogen-bond donors (Lipinski definition) is 0. The highest BCUT2D eigenvalue weighted by atomic mass is 35.5. The van der Waals surface area contributed by atoms with E-state index < -0.39 is 0 Å². The number of rotatable bonds is 8. The van der Waals surface area contributed by atoms with Crippen LogP contribution in [0.5, 0.6) is 5.75 Å². The summed E-state index contributed by atoms with van der Waals surface area (Å²) in [6.45, 7) is 1.45. The fourth-order valence-corrected chi connectivity index (χ4v) is 1.62. The lowest BCUT2D eigenvalue weighted by Crippen LogP contribution is -1.96. The van der Waals surface area contributed by atoms with Crippen molar-refractivity contribution in [2.45, 2.75) is 25.9 Å². The maximum atomic E-state index is 5.59. The Balaban J connectivity index is 2.16. The Hall–Kier alpha value is -0.730. The molecule has 1 aromatic rings. The summed E-state index contributed by atoms with van der Waals surface area (Å²) in [6.07, 6.45) is 3.29. The van der Waals surface area contributed by atoms with Gasteiger partial charge in [0.1, 0.15) is 5.75 Å². The molecule has 0 saturated heterocycles. The van der Waals surface area contributed by atoms with E-state index in [-0.39, 0.29) is 0 Å². The monoisotopic (exact) mass is 242 g/mol. The molecule has 2 nitrogen and oxygen atoms in total. The van der Waals surface area contributed by atoms with Gasteiger partial charge in [-0.2, -0.15) is 0 Å². The molecule has 1 aromatic carbocycles. The van der Waals surface area contributed by atoms with Crippen LogP contribution in [0.25, 0.3) is 0 Å².